The fraction of sp³-hybridized carbons (Fsp3) is 0.776. The summed E-state index contributed by atoms with van der Waals surface area (Å²) in [6, 6.07) is 6.70. The van der Waals surface area contributed by atoms with Crippen LogP contribution in [0.1, 0.15) is 233 Å². The first-order valence-corrected chi connectivity index (χ1v) is 26.6. The van der Waals surface area contributed by atoms with E-state index in [1.165, 1.54) is 0 Å². The Morgan fingerprint density at radius 2 is 0.686 bits per heavy atom. The highest BCUT2D eigenvalue weighted by Gasteiger charge is 2.48. The van der Waals surface area contributed by atoms with Crippen LogP contribution in [0.2, 0.25) is 0 Å². The zero-order chi connectivity index (χ0) is 52.5. The van der Waals surface area contributed by atoms with E-state index in [-0.39, 0.29) is 96.3 Å². The van der Waals surface area contributed by atoms with Crippen molar-refractivity contribution in [2.75, 3.05) is 0 Å². The van der Waals surface area contributed by atoms with Gasteiger partial charge in [0, 0.05) is 88.4 Å². The molecule has 0 spiro atoms. The van der Waals surface area contributed by atoms with Gasteiger partial charge in [-0.15, -0.1) is 0 Å². The normalized spacial score (nSPS) is 33.3. The van der Waals surface area contributed by atoms with Crippen molar-refractivity contribution in [2.24, 2.45) is 23.7 Å². The van der Waals surface area contributed by atoms with E-state index in [0.29, 0.717) is 62.1 Å². The van der Waals surface area contributed by atoms with E-state index >= 15 is 0 Å². The fourth-order valence-electron chi connectivity index (χ4n) is 12.8. The number of carbonyl (C=O) groups excluding carboxylic acids is 3. The first kappa shape index (κ1) is 56.2. The number of rotatable bonds is 13. The summed E-state index contributed by atoms with van der Waals surface area (Å²) >= 11 is 0. The molecular weight excluding hydrogens is 881 g/mol. The van der Waals surface area contributed by atoms with Gasteiger partial charge in [-0.25, -0.2) is 14.4 Å². The van der Waals surface area contributed by atoms with Crippen LogP contribution in [0.4, 0.5) is 0 Å². The van der Waals surface area contributed by atoms with Gasteiger partial charge in [0.25, 0.3) is 0 Å². The molecule has 9 atom stereocenters. The molecule has 0 bridgehead atoms. The highest BCUT2D eigenvalue weighted by atomic mass is 16.6. The van der Waals surface area contributed by atoms with E-state index in [2.05, 4.69) is 160 Å². The number of benzene rings is 2. The Balaban J connectivity index is 1.48. The number of piperidine rings is 4. The van der Waals surface area contributed by atoms with Crippen LogP contribution in [-0.4, -0.2) is 91.7 Å². The summed E-state index contributed by atoms with van der Waals surface area (Å²) < 4.78 is 26.1. The van der Waals surface area contributed by atoms with Crippen LogP contribution in [0.3, 0.4) is 0 Å². The molecule has 9 unspecified atom stereocenters. The molecule has 4 saturated heterocycles. The number of hydrogen-bond acceptors (Lipinski definition) is 12. The van der Waals surface area contributed by atoms with Crippen molar-refractivity contribution in [3.8, 4) is 0 Å². The molecule has 4 heterocycles. The van der Waals surface area contributed by atoms with Crippen molar-refractivity contribution in [3.63, 3.8) is 0 Å². The molecule has 5 N–H and O–H groups in total. The third-order valence-electron chi connectivity index (χ3n) is 17.4. The summed E-state index contributed by atoms with van der Waals surface area (Å²) in [7, 11) is 0. The molecule has 4 fully saturated rings. The predicted octanol–water partition coefficient (Wildman–Crippen LogP) is 11.1. The fourth-order valence-corrected chi connectivity index (χ4v) is 12.8. The van der Waals surface area contributed by atoms with Gasteiger partial charge in [-0.05, 0) is 155 Å². The number of aliphatic hydroxyl groups excluding tert-OH is 1. The quantitative estimate of drug-likeness (QED) is 0.0737. The predicted molar refractivity (Wildman–Crippen MR) is 280 cm³/mol. The van der Waals surface area contributed by atoms with Gasteiger partial charge < -0.3 is 45.3 Å². The van der Waals surface area contributed by atoms with Gasteiger partial charge in [-0.1, -0.05) is 55.4 Å². The van der Waals surface area contributed by atoms with E-state index in [9.17, 15) is 19.5 Å². The summed E-state index contributed by atoms with van der Waals surface area (Å²) in [5, 5.41) is 28.6. The minimum Gasteiger partial charge on any atom is -0.459 e. The van der Waals surface area contributed by atoms with Crippen LogP contribution in [0.5, 0.6) is 0 Å². The lowest BCUT2D eigenvalue weighted by molar-refractivity contribution is -0.165. The molecule has 2 aromatic carbocycles. The molecule has 0 amide bonds. The van der Waals surface area contributed by atoms with Gasteiger partial charge in [0.1, 0.15) is 18.3 Å². The lowest BCUT2D eigenvalue weighted by Gasteiger charge is -2.50. The number of aliphatic hydroxyl groups is 1. The Hall–Kier alpha value is -3.13. The van der Waals surface area contributed by atoms with E-state index in [0.717, 1.165) is 0 Å². The molecule has 12 heteroatoms. The number of fused-ring (bicyclic) bond motifs is 1. The summed E-state index contributed by atoms with van der Waals surface area (Å²) in [6.45, 7) is 43.1. The van der Waals surface area contributed by atoms with Crippen molar-refractivity contribution in [1.29, 1.82) is 0 Å². The van der Waals surface area contributed by atoms with Crippen LogP contribution in [0.15, 0.2) is 24.3 Å². The Morgan fingerprint density at radius 3 is 1.00 bits per heavy atom. The molecule has 70 heavy (non-hydrogen) atoms. The molecule has 4 aliphatic heterocycles. The van der Waals surface area contributed by atoms with Crippen molar-refractivity contribution in [1.82, 2.24) is 21.3 Å². The first-order valence-electron chi connectivity index (χ1n) is 26.6. The van der Waals surface area contributed by atoms with E-state index in [1.807, 2.05) is 0 Å². The summed E-state index contributed by atoms with van der Waals surface area (Å²) in [4.78, 5) is 44.6. The van der Waals surface area contributed by atoms with Crippen molar-refractivity contribution < 1.29 is 38.4 Å². The van der Waals surface area contributed by atoms with Gasteiger partial charge in [-0.2, -0.15) is 0 Å². The largest absolute Gasteiger partial charge is 0.459 e. The number of hydrogen-bond donors (Lipinski definition) is 5. The second kappa shape index (κ2) is 19.6. The highest BCUT2D eigenvalue weighted by Crippen LogP contribution is 2.42. The van der Waals surface area contributed by atoms with Crippen LogP contribution in [0.25, 0.3) is 10.8 Å². The van der Waals surface area contributed by atoms with Crippen molar-refractivity contribution in [2.45, 2.75) is 265 Å². The number of nitrogens with one attached hydrogen (secondary N) is 4. The van der Waals surface area contributed by atoms with Gasteiger partial charge in [0.05, 0.1) is 22.8 Å². The van der Waals surface area contributed by atoms with Crippen LogP contribution in [-0.2, 0) is 18.9 Å². The van der Waals surface area contributed by atoms with Crippen molar-refractivity contribution in [3.05, 3.63) is 46.5 Å². The van der Waals surface area contributed by atoms with E-state index in [1.54, 1.807) is 24.3 Å². The molecule has 6 rings (SSSR count). The topological polar surface area (TPSA) is 156 Å². The molecule has 394 valence electrons. The standard InChI is InChI=1S/C58H94N4O8/c1-33(2)55(17)29-39(25-51(9,10)59-55)67-47(63)43-21-37-23-45(49(65)69-41-27-53(13,14)61-57(19,31-41)35(5)6)46(50(66)70-42-28-54(15,16)62-58(20,32-42)36(7)8)24-38(37)22-44(43)48(64)68-40-26-52(11,12)60-56(18,30-40)34(3)4/h21-24,33-36,39-42,47,59-63H,25-32H2,1-20H3. The first-order chi connectivity index (χ1) is 31.9. The number of esters is 3. The smallest absolute Gasteiger partial charge is 0.339 e. The molecule has 12 nitrogen and oxygen atoms in total. The maximum absolute atomic E-state index is 14.9. The molecule has 0 aliphatic carbocycles. The molecule has 2 aromatic rings. The maximum atomic E-state index is 14.9. The average molecular weight is 975 g/mol. The Morgan fingerprint density at radius 1 is 0.429 bits per heavy atom. The maximum Gasteiger partial charge on any atom is 0.339 e. The Kier molecular flexibility index (Phi) is 15.7. The summed E-state index contributed by atoms with van der Waals surface area (Å²) in [5.74, 6) is -0.798. The zero-order valence-corrected chi connectivity index (χ0v) is 47.0. The minimum atomic E-state index is -1.52. The second-order valence-corrected chi connectivity index (χ2v) is 27.3. The van der Waals surface area contributed by atoms with Gasteiger partial charge in [-0.3, -0.25) is 0 Å². The molecular formula is C58H94N4O8. The van der Waals surface area contributed by atoms with E-state index in [4.69, 9.17) is 18.9 Å². The summed E-state index contributed by atoms with van der Waals surface area (Å²) in [5.41, 5.74) is -1.91. The van der Waals surface area contributed by atoms with Crippen LogP contribution >= 0.6 is 0 Å². The minimum absolute atomic E-state index is 0.0569. The Labute approximate surface area is 422 Å². The van der Waals surface area contributed by atoms with E-state index < -0.39 is 42.5 Å². The van der Waals surface area contributed by atoms with Gasteiger partial charge in [0.15, 0.2) is 6.29 Å². The number of ether oxygens (including phenoxy) is 4. The van der Waals surface area contributed by atoms with Gasteiger partial charge in [0.2, 0.25) is 0 Å². The lowest BCUT2D eigenvalue weighted by atomic mass is 9.74. The molecule has 0 radical (unpaired) electrons. The van der Waals surface area contributed by atoms with Crippen molar-refractivity contribution >= 4 is 28.7 Å². The molecule has 4 aliphatic rings. The SMILES string of the molecule is CC(C)C1(C)CC(OC(=O)c2cc3cc(C(=O)OC4CC(C)(C)NC(C)(C(C)C)C4)c(C(O)OC4CC(C)(C)NC(C)(C(C)C)C4)cc3cc2C(=O)OC2CC(C)(C)NC(C)(C(C)C)C2)CC(C)(C)N1. The molecule has 0 aromatic heterocycles. The van der Waals surface area contributed by atoms with Gasteiger partial charge >= 0.3 is 17.9 Å². The molecule has 0 saturated carbocycles. The average Bonchev–Trinajstić information content (AvgIpc) is 3.16. The lowest BCUT2D eigenvalue weighted by Crippen LogP contribution is -2.63. The zero-order valence-electron chi connectivity index (χ0n) is 47.0. The monoisotopic (exact) mass is 975 g/mol. The Bertz CT molecular complexity index is 2270. The van der Waals surface area contributed by atoms with Crippen LogP contribution in [0, 0.1) is 23.7 Å². The summed E-state index contributed by atoms with van der Waals surface area (Å²) in [6.07, 6.45) is 1.68. The number of carbonyl (C=O) groups is 3. The third-order valence-corrected chi connectivity index (χ3v) is 17.4. The highest BCUT2D eigenvalue weighted by molar-refractivity contribution is 6.08. The third kappa shape index (κ3) is 12.6. The van der Waals surface area contributed by atoms with Crippen LogP contribution < -0.4 is 21.3 Å². The second-order valence-electron chi connectivity index (χ2n) is 27.3.